The summed E-state index contributed by atoms with van der Waals surface area (Å²) < 4.78 is 1.90. The third-order valence-corrected chi connectivity index (χ3v) is 3.41. The van der Waals surface area contributed by atoms with Gasteiger partial charge in [-0.2, -0.15) is 5.10 Å². The zero-order valence-corrected chi connectivity index (χ0v) is 12.0. The molecular weight excluding hydrogens is 212 g/mol. The summed E-state index contributed by atoms with van der Waals surface area (Å²) >= 11 is 0. The first-order valence-corrected chi connectivity index (χ1v) is 6.26. The van der Waals surface area contributed by atoms with Crippen molar-refractivity contribution in [2.24, 2.45) is 7.05 Å². The molecule has 0 aromatic carbocycles. The van der Waals surface area contributed by atoms with Crippen LogP contribution in [0.25, 0.3) is 0 Å². The second-order valence-corrected chi connectivity index (χ2v) is 5.44. The van der Waals surface area contributed by atoms with Gasteiger partial charge in [-0.1, -0.05) is 6.92 Å². The first-order valence-electron chi connectivity index (χ1n) is 6.26. The Hall–Kier alpha value is -0.870. The number of hydrogen-bond acceptors (Lipinski definition) is 3. The third-order valence-electron chi connectivity index (χ3n) is 3.41. The van der Waals surface area contributed by atoms with E-state index >= 15 is 0 Å². The van der Waals surface area contributed by atoms with Gasteiger partial charge >= 0.3 is 0 Å². The van der Waals surface area contributed by atoms with E-state index in [0.717, 1.165) is 19.5 Å². The predicted octanol–water partition coefficient (Wildman–Crippen LogP) is 1.41. The van der Waals surface area contributed by atoms with Gasteiger partial charge in [0.2, 0.25) is 0 Å². The molecule has 0 saturated carbocycles. The van der Waals surface area contributed by atoms with E-state index in [9.17, 15) is 0 Å². The molecule has 17 heavy (non-hydrogen) atoms. The molecule has 0 aliphatic carbocycles. The molecule has 0 unspecified atom stereocenters. The highest BCUT2D eigenvalue weighted by atomic mass is 15.3. The molecule has 1 aromatic heterocycles. The lowest BCUT2D eigenvalue weighted by Gasteiger charge is -2.32. The quantitative estimate of drug-likeness (QED) is 0.813. The molecule has 0 spiro atoms. The van der Waals surface area contributed by atoms with E-state index in [1.807, 2.05) is 11.7 Å². The number of nitrogens with zero attached hydrogens (tertiary/aromatic N) is 3. The Morgan fingerprint density at radius 2 is 2.06 bits per heavy atom. The number of rotatable bonds is 6. The fourth-order valence-electron chi connectivity index (χ4n) is 1.69. The van der Waals surface area contributed by atoms with E-state index in [0.29, 0.717) is 0 Å². The van der Waals surface area contributed by atoms with Gasteiger partial charge in [-0.05, 0) is 34.4 Å². The zero-order chi connectivity index (χ0) is 13.1. The molecule has 4 heteroatoms. The number of hydrogen-bond donors (Lipinski definition) is 1. The van der Waals surface area contributed by atoms with Crippen LogP contribution < -0.4 is 5.32 Å². The maximum absolute atomic E-state index is 4.45. The fourth-order valence-corrected chi connectivity index (χ4v) is 1.69. The van der Waals surface area contributed by atoms with Gasteiger partial charge < -0.3 is 10.2 Å². The highest BCUT2D eigenvalue weighted by molar-refractivity contribution is 5.16. The summed E-state index contributed by atoms with van der Waals surface area (Å²) in [4.78, 5) is 2.24. The normalized spacial score (nSPS) is 12.4. The molecule has 0 aliphatic heterocycles. The SMILES string of the molecule is CCc1nn(C)cc1CNCC(C)(C)N(C)C. The summed E-state index contributed by atoms with van der Waals surface area (Å²) in [5.74, 6) is 0. The Morgan fingerprint density at radius 3 is 2.59 bits per heavy atom. The Morgan fingerprint density at radius 1 is 1.41 bits per heavy atom. The van der Waals surface area contributed by atoms with Crippen LogP contribution in [-0.4, -0.2) is 40.9 Å². The number of aryl methyl sites for hydroxylation is 2. The first-order chi connectivity index (χ1) is 7.86. The van der Waals surface area contributed by atoms with E-state index in [4.69, 9.17) is 0 Å². The van der Waals surface area contributed by atoms with Crippen molar-refractivity contribution >= 4 is 0 Å². The number of likely N-dealkylation sites (N-methyl/N-ethyl adjacent to an activating group) is 1. The molecule has 1 N–H and O–H groups in total. The van der Waals surface area contributed by atoms with Crippen molar-refractivity contribution in [1.29, 1.82) is 0 Å². The predicted molar refractivity (Wildman–Crippen MR) is 72.1 cm³/mol. The molecular formula is C13H26N4. The molecule has 1 rings (SSSR count). The molecule has 0 aliphatic rings. The van der Waals surface area contributed by atoms with Crippen LogP contribution >= 0.6 is 0 Å². The molecule has 1 heterocycles. The number of nitrogens with one attached hydrogen (secondary N) is 1. The molecule has 1 aromatic rings. The van der Waals surface area contributed by atoms with Crippen LogP contribution in [0.1, 0.15) is 32.0 Å². The molecule has 0 radical (unpaired) electrons. The average Bonchev–Trinajstić information content (AvgIpc) is 2.58. The summed E-state index contributed by atoms with van der Waals surface area (Å²) in [6.45, 7) is 8.50. The van der Waals surface area contributed by atoms with Gasteiger partial charge in [0.1, 0.15) is 0 Å². The lowest BCUT2D eigenvalue weighted by atomic mass is 10.0. The molecule has 4 nitrogen and oxygen atoms in total. The molecule has 0 fully saturated rings. The largest absolute Gasteiger partial charge is 0.311 e. The van der Waals surface area contributed by atoms with Crippen molar-refractivity contribution < 1.29 is 0 Å². The maximum atomic E-state index is 4.45. The lowest BCUT2D eigenvalue weighted by Crippen LogP contribution is -2.46. The van der Waals surface area contributed by atoms with Crippen molar-refractivity contribution in [2.45, 2.75) is 39.3 Å². The standard InChI is InChI=1S/C13H26N4/c1-7-12-11(9-17(6)15-12)8-14-10-13(2,3)16(4)5/h9,14H,7-8,10H2,1-6H3. The second-order valence-electron chi connectivity index (χ2n) is 5.44. The highest BCUT2D eigenvalue weighted by Gasteiger charge is 2.19. The Labute approximate surface area is 105 Å². The Bertz CT molecular complexity index is 352. The lowest BCUT2D eigenvalue weighted by molar-refractivity contribution is 0.189. The minimum Gasteiger partial charge on any atom is -0.311 e. The molecule has 98 valence electrons. The first kappa shape index (κ1) is 14.2. The minimum absolute atomic E-state index is 0.175. The van der Waals surface area contributed by atoms with Crippen LogP contribution in [0.2, 0.25) is 0 Å². The van der Waals surface area contributed by atoms with Crippen LogP contribution in [0, 0.1) is 0 Å². The molecule has 0 saturated heterocycles. The minimum atomic E-state index is 0.175. The van der Waals surface area contributed by atoms with Gasteiger partial charge in [-0.3, -0.25) is 4.68 Å². The van der Waals surface area contributed by atoms with Crippen LogP contribution in [0.4, 0.5) is 0 Å². The molecule has 0 atom stereocenters. The Kier molecular flexibility index (Phi) is 4.71. The van der Waals surface area contributed by atoms with E-state index in [1.54, 1.807) is 0 Å². The fraction of sp³-hybridized carbons (Fsp3) is 0.769. The third kappa shape index (κ3) is 3.82. The van der Waals surface area contributed by atoms with Crippen molar-refractivity contribution in [3.63, 3.8) is 0 Å². The van der Waals surface area contributed by atoms with Gasteiger partial charge in [0.15, 0.2) is 0 Å². The summed E-state index contributed by atoms with van der Waals surface area (Å²) in [6, 6.07) is 0. The molecule has 0 amide bonds. The summed E-state index contributed by atoms with van der Waals surface area (Å²) in [6.07, 6.45) is 3.10. The summed E-state index contributed by atoms with van der Waals surface area (Å²) in [7, 11) is 6.21. The number of aromatic nitrogens is 2. The highest BCUT2D eigenvalue weighted by Crippen LogP contribution is 2.10. The smallest absolute Gasteiger partial charge is 0.0666 e. The summed E-state index contributed by atoms with van der Waals surface area (Å²) in [5, 5.41) is 7.96. The van der Waals surface area contributed by atoms with Gasteiger partial charge in [-0.25, -0.2) is 0 Å². The van der Waals surface area contributed by atoms with Crippen molar-refractivity contribution in [1.82, 2.24) is 20.0 Å². The van der Waals surface area contributed by atoms with E-state index in [1.165, 1.54) is 11.3 Å². The van der Waals surface area contributed by atoms with E-state index < -0.39 is 0 Å². The van der Waals surface area contributed by atoms with Gasteiger partial charge in [0.05, 0.1) is 5.69 Å². The van der Waals surface area contributed by atoms with E-state index in [2.05, 4.69) is 56.4 Å². The summed E-state index contributed by atoms with van der Waals surface area (Å²) in [5.41, 5.74) is 2.68. The van der Waals surface area contributed by atoms with Crippen molar-refractivity contribution in [3.05, 3.63) is 17.5 Å². The van der Waals surface area contributed by atoms with Gasteiger partial charge in [0.25, 0.3) is 0 Å². The van der Waals surface area contributed by atoms with Crippen molar-refractivity contribution in [2.75, 3.05) is 20.6 Å². The van der Waals surface area contributed by atoms with Crippen LogP contribution in [0.15, 0.2) is 6.20 Å². The Balaban J connectivity index is 2.51. The average molecular weight is 238 g/mol. The van der Waals surface area contributed by atoms with Gasteiger partial charge in [-0.15, -0.1) is 0 Å². The van der Waals surface area contributed by atoms with Gasteiger partial charge in [0, 0.05) is 37.4 Å². The zero-order valence-electron chi connectivity index (χ0n) is 12.0. The monoisotopic (exact) mass is 238 g/mol. The molecule has 0 bridgehead atoms. The van der Waals surface area contributed by atoms with Crippen molar-refractivity contribution in [3.8, 4) is 0 Å². The van der Waals surface area contributed by atoms with Crippen LogP contribution in [-0.2, 0) is 20.0 Å². The second kappa shape index (κ2) is 5.65. The maximum Gasteiger partial charge on any atom is 0.0666 e. The van der Waals surface area contributed by atoms with Crippen LogP contribution in [0.5, 0.6) is 0 Å². The van der Waals surface area contributed by atoms with E-state index in [-0.39, 0.29) is 5.54 Å². The topological polar surface area (TPSA) is 33.1 Å². The van der Waals surface area contributed by atoms with Crippen LogP contribution in [0.3, 0.4) is 0 Å².